The smallest absolute Gasteiger partial charge is 0.228 e. The van der Waals surface area contributed by atoms with Gasteiger partial charge in [0, 0.05) is 30.6 Å². The first-order chi connectivity index (χ1) is 14.9. The summed E-state index contributed by atoms with van der Waals surface area (Å²) in [7, 11) is 0. The molecule has 2 aromatic rings. The van der Waals surface area contributed by atoms with Crippen LogP contribution in [0.5, 0.6) is 0 Å². The third kappa shape index (κ3) is 3.65. The summed E-state index contributed by atoms with van der Waals surface area (Å²) in [5.41, 5.74) is 3.72. The molecule has 4 heterocycles. The lowest BCUT2D eigenvalue weighted by molar-refractivity contribution is -0.131. The van der Waals surface area contributed by atoms with Crippen LogP contribution in [0.1, 0.15) is 35.4 Å². The van der Waals surface area contributed by atoms with Crippen molar-refractivity contribution in [2.45, 2.75) is 51.2 Å². The minimum Gasteiger partial charge on any atom is -0.369 e. The second-order valence-corrected chi connectivity index (χ2v) is 9.36. The van der Waals surface area contributed by atoms with Crippen molar-refractivity contribution in [3.05, 3.63) is 53.1 Å². The van der Waals surface area contributed by atoms with Crippen molar-refractivity contribution >= 4 is 11.8 Å². The Morgan fingerprint density at radius 1 is 1.29 bits per heavy atom. The fraction of sp³-hybridized carbons (Fsp3) is 0.542. The van der Waals surface area contributed by atoms with Crippen LogP contribution in [0.15, 0.2) is 30.6 Å². The highest BCUT2D eigenvalue weighted by atomic mass is 16.5. The van der Waals surface area contributed by atoms with Crippen molar-refractivity contribution in [3.8, 4) is 0 Å². The molecule has 0 saturated carbocycles. The number of carbonyl (C=O) groups is 2. The van der Waals surface area contributed by atoms with E-state index in [1.54, 1.807) is 6.33 Å². The van der Waals surface area contributed by atoms with Gasteiger partial charge < -0.3 is 19.9 Å². The van der Waals surface area contributed by atoms with E-state index < -0.39 is 0 Å². The zero-order valence-electron chi connectivity index (χ0n) is 18.2. The average Bonchev–Trinajstić information content (AvgIpc) is 3.49. The van der Waals surface area contributed by atoms with Gasteiger partial charge in [-0.2, -0.15) is 0 Å². The SMILES string of the molecule is Cc1ccccc1CC(=O)NC[C@H]1[C@H]2CN(C(=O)Cc3nc[nH]c3C)C[C@]23CC[C@H]1O3. The Morgan fingerprint density at radius 2 is 2.13 bits per heavy atom. The summed E-state index contributed by atoms with van der Waals surface area (Å²) in [5, 5.41) is 3.15. The van der Waals surface area contributed by atoms with Gasteiger partial charge in [-0.25, -0.2) is 4.98 Å². The molecular weight excluding hydrogens is 392 g/mol. The van der Waals surface area contributed by atoms with Crippen LogP contribution < -0.4 is 5.32 Å². The number of benzene rings is 1. The molecule has 3 aliphatic rings. The third-order valence-electron chi connectivity index (χ3n) is 7.54. The molecule has 31 heavy (non-hydrogen) atoms. The van der Waals surface area contributed by atoms with Crippen molar-refractivity contribution in [2.24, 2.45) is 11.8 Å². The number of aromatic nitrogens is 2. The zero-order chi connectivity index (χ0) is 21.6. The van der Waals surface area contributed by atoms with E-state index in [-0.39, 0.29) is 35.4 Å². The molecule has 3 fully saturated rings. The monoisotopic (exact) mass is 422 g/mol. The summed E-state index contributed by atoms with van der Waals surface area (Å²) in [4.78, 5) is 34.7. The number of fused-ring (bicyclic) bond motifs is 1. The summed E-state index contributed by atoms with van der Waals surface area (Å²) in [6.07, 6.45) is 4.55. The van der Waals surface area contributed by atoms with Crippen molar-refractivity contribution in [1.29, 1.82) is 0 Å². The van der Waals surface area contributed by atoms with E-state index in [1.807, 2.05) is 43.0 Å². The van der Waals surface area contributed by atoms with Crippen LogP contribution in [0, 0.1) is 25.7 Å². The van der Waals surface area contributed by atoms with Gasteiger partial charge in [-0.3, -0.25) is 9.59 Å². The van der Waals surface area contributed by atoms with Crippen LogP contribution >= 0.6 is 0 Å². The van der Waals surface area contributed by atoms with E-state index in [0.717, 1.165) is 35.4 Å². The number of rotatable bonds is 6. The van der Waals surface area contributed by atoms with E-state index in [2.05, 4.69) is 15.3 Å². The highest BCUT2D eigenvalue weighted by Crippen LogP contribution is 2.54. The molecule has 0 radical (unpaired) electrons. The number of aromatic amines is 1. The Balaban J connectivity index is 1.21. The maximum atomic E-state index is 12.9. The number of hydrogen-bond donors (Lipinski definition) is 2. The second kappa shape index (κ2) is 7.79. The minimum absolute atomic E-state index is 0.0473. The molecule has 164 valence electrons. The largest absolute Gasteiger partial charge is 0.369 e. The summed E-state index contributed by atoms with van der Waals surface area (Å²) < 4.78 is 6.44. The van der Waals surface area contributed by atoms with Crippen LogP contribution in [0.3, 0.4) is 0 Å². The molecule has 0 unspecified atom stereocenters. The number of nitrogens with zero attached hydrogens (tertiary/aromatic N) is 2. The number of imidazole rings is 1. The number of nitrogens with one attached hydrogen (secondary N) is 2. The number of aryl methyl sites for hydroxylation is 2. The number of H-pyrrole nitrogens is 1. The number of ether oxygens (including phenoxy) is 1. The molecule has 2 bridgehead atoms. The molecule has 7 heteroatoms. The molecular formula is C24H30N4O3. The molecule has 1 spiro atoms. The van der Waals surface area contributed by atoms with Crippen LogP contribution in [0.2, 0.25) is 0 Å². The quantitative estimate of drug-likeness (QED) is 0.745. The molecule has 2 N–H and O–H groups in total. The number of hydrogen-bond acceptors (Lipinski definition) is 4. The highest BCUT2D eigenvalue weighted by Gasteiger charge is 2.63. The molecule has 0 aliphatic carbocycles. The minimum atomic E-state index is -0.230. The maximum absolute atomic E-state index is 12.9. The van der Waals surface area contributed by atoms with E-state index in [1.165, 1.54) is 0 Å². The van der Waals surface area contributed by atoms with Gasteiger partial charge in [0.1, 0.15) is 0 Å². The molecule has 2 amide bonds. The number of likely N-dealkylation sites (tertiary alicyclic amines) is 1. The summed E-state index contributed by atoms with van der Waals surface area (Å²) in [6, 6.07) is 8.00. The van der Waals surface area contributed by atoms with Gasteiger partial charge in [-0.05, 0) is 37.8 Å². The highest BCUT2D eigenvalue weighted by molar-refractivity contribution is 5.79. The van der Waals surface area contributed by atoms with Crippen LogP contribution in [0.4, 0.5) is 0 Å². The number of amides is 2. The first kappa shape index (κ1) is 20.2. The normalized spacial score (nSPS) is 28.7. The van der Waals surface area contributed by atoms with Gasteiger partial charge in [-0.15, -0.1) is 0 Å². The third-order valence-corrected chi connectivity index (χ3v) is 7.54. The fourth-order valence-electron chi connectivity index (χ4n) is 5.75. The lowest BCUT2D eigenvalue weighted by atomic mass is 9.73. The Kier molecular flexibility index (Phi) is 5.08. The summed E-state index contributed by atoms with van der Waals surface area (Å²) in [5.74, 6) is 0.702. The zero-order valence-corrected chi connectivity index (χ0v) is 18.2. The molecule has 1 aromatic carbocycles. The van der Waals surface area contributed by atoms with E-state index in [4.69, 9.17) is 4.74 Å². The molecule has 3 aliphatic heterocycles. The number of carbonyl (C=O) groups excluding carboxylic acids is 2. The summed E-state index contributed by atoms with van der Waals surface area (Å²) in [6.45, 7) is 5.95. The standard InChI is InChI=1S/C24H30N4O3/c1-15-5-3-4-6-17(15)9-22(29)25-11-18-19-12-28(13-24(19)8-7-21(18)31-24)23(30)10-20-16(2)26-14-27-20/h3-6,14,18-19,21H,7-13H2,1-2H3,(H,25,29)(H,26,27)/t18-,19+,21+,24+/m0/s1. The Morgan fingerprint density at radius 3 is 2.90 bits per heavy atom. The molecule has 4 atom stereocenters. The van der Waals surface area contributed by atoms with Gasteiger partial charge in [0.2, 0.25) is 11.8 Å². The van der Waals surface area contributed by atoms with Gasteiger partial charge in [0.15, 0.2) is 0 Å². The summed E-state index contributed by atoms with van der Waals surface area (Å²) >= 11 is 0. The molecule has 5 rings (SSSR count). The van der Waals surface area contributed by atoms with Crippen LogP contribution in [-0.4, -0.2) is 58.0 Å². The van der Waals surface area contributed by atoms with Crippen molar-refractivity contribution in [3.63, 3.8) is 0 Å². The van der Waals surface area contributed by atoms with Crippen molar-refractivity contribution in [1.82, 2.24) is 20.2 Å². The molecule has 3 saturated heterocycles. The molecule has 7 nitrogen and oxygen atoms in total. The van der Waals surface area contributed by atoms with Crippen LogP contribution in [-0.2, 0) is 27.2 Å². The topological polar surface area (TPSA) is 87.3 Å². The van der Waals surface area contributed by atoms with Gasteiger partial charge in [0.25, 0.3) is 0 Å². The van der Waals surface area contributed by atoms with Crippen molar-refractivity contribution in [2.75, 3.05) is 19.6 Å². The Hall–Kier alpha value is -2.67. The van der Waals surface area contributed by atoms with E-state index in [0.29, 0.717) is 32.5 Å². The Bertz CT molecular complexity index is 1000. The fourth-order valence-corrected chi connectivity index (χ4v) is 5.75. The van der Waals surface area contributed by atoms with E-state index >= 15 is 0 Å². The molecule has 1 aromatic heterocycles. The van der Waals surface area contributed by atoms with Gasteiger partial charge in [-0.1, -0.05) is 24.3 Å². The lowest BCUT2D eigenvalue weighted by Crippen LogP contribution is -2.42. The maximum Gasteiger partial charge on any atom is 0.228 e. The first-order valence-electron chi connectivity index (χ1n) is 11.2. The Labute approximate surface area is 182 Å². The predicted molar refractivity (Wildman–Crippen MR) is 115 cm³/mol. The van der Waals surface area contributed by atoms with E-state index in [9.17, 15) is 9.59 Å². The second-order valence-electron chi connectivity index (χ2n) is 9.36. The van der Waals surface area contributed by atoms with Gasteiger partial charge >= 0.3 is 0 Å². The predicted octanol–water partition coefficient (Wildman–Crippen LogP) is 1.93. The van der Waals surface area contributed by atoms with Crippen molar-refractivity contribution < 1.29 is 14.3 Å². The average molecular weight is 423 g/mol. The van der Waals surface area contributed by atoms with Crippen LogP contribution in [0.25, 0.3) is 0 Å². The lowest BCUT2D eigenvalue weighted by Gasteiger charge is -2.29. The first-order valence-corrected chi connectivity index (χ1v) is 11.2. The van der Waals surface area contributed by atoms with Gasteiger partial charge in [0.05, 0.1) is 43.1 Å².